The van der Waals surface area contributed by atoms with Crippen LogP contribution in [0.15, 0.2) is 41.4 Å². The van der Waals surface area contributed by atoms with E-state index in [4.69, 9.17) is 10.5 Å². The van der Waals surface area contributed by atoms with Crippen LogP contribution >= 0.6 is 24.0 Å². The van der Waals surface area contributed by atoms with Crippen molar-refractivity contribution in [3.63, 3.8) is 0 Å². The first-order valence-corrected chi connectivity index (χ1v) is 9.00. The third kappa shape index (κ3) is 6.10. The largest absolute Gasteiger partial charge is 0.484 e. The molecule has 1 atom stereocenters. The van der Waals surface area contributed by atoms with Gasteiger partial charge in [-0.3, -0.25) is 14.7 Å². The van der Waals surface area contributed by atoms with Crippen LogP contribution in [0.4, 0.5) is 0 Å². The number of guanidine groups is 1. The number of amides is 1. The highest BCUT2D eigenvalue weighted by atomic mass is 127. The number of carbonyl (C=O) groups excluding carboxylic acids is 1. The fraction of sp³-hybridized carbons (Fsp3) is 0.474. The lowest BCUT2D eigenvalue weighted by molar-refractivity contribution is -0.119. The summed E-state index contributed by atoms with van der Waals surface area (Å²) in [4.78, 5) is 20.1. The second-order valence-electron chi connectivity index (χ2n) is 6.62. The molecule has 148 valence electrons. The second-order valence-corrected chi connectivity index (χ2v) is 6.62. The third-order valence-electron chi connectivity index (χ3n) is 4.77. The van der Waals surface area contributed by atoms with Crippen LogP contribution in [0.5, 0.6) is 5.75 Å². The van der Waals surface area contributed by atoms with Crippen LogP contribution in [0.2, 0.25) is 0 Å². The first-order chi connectivity index (χ1) is 12.7. The highest BCUT2D eigenvalue weighted by Gasteiger charge is 2.29. The number of hydrogen-bond donors (Lipinski definition) is 2. The Labute approximate surface area is 177 Å². The van der Waals surface area contributed by atoms with Gasteiger partial charge < -0.3 is 20.7 Å². The Hall–Kier alpha value is -1.81. The summed E-state index contributed by atoms with van der Waals surface area (Å²) in [6.07, 6.45) is 5.64. The number of halogens is 1. The van der Waals surface area contributed by atoms with Crippen LogP contribution in [0, 0.1) is 0 Å². The summed E-state index contributed by atoms with van der Waals surface area (Å²) in [5, 5.41) is 3.43. The average Bonchev–Trinajstić information content (AvgIpc) is 3.32. The number of rotatable bonds is 6. The number of likely N-dealkylation sites (tertiary alicyclic amines) is 1. The molecule has 2 heterocycles. The van der Waals surface area contributed by atoms with E-state index in [0.29, 0.717) is 18.3 Å². The second kappa shape index (κ2) is 10.5. The molecule has 2 aliphatic rings. The first kappa shape index (κ1) is 21.5. The van der Waals surface area contributed by atoms with E-state index in [-0.39, 0.29) is 30.6 Å². The SMILES string of the molecule is CN=C(NCc1cccc(OCC(N)=O)c1)N1CCC(N2CC=CC2)C1.I. The number of primary amides is 1. The van der Waals surface area contributed by atoms with E-state index in [1.165, 1.54) is 6.42 Å². The summed E-state index contributed by atoms with van der Waals surface area (Å²) in [7, 11) is 1.82. The molecule has 1 saturated heterocycles. The fourth-order valence-corrected chi connectivity index (χ4v) is 3.44. The molecular weight excluding hydrogens is 457 g/mol. The Balaban J connectivity index is 0.00000261. The van der Waals surface area contributed by atoms with E-state index >= 15 is 0 Å². The van der Waals surface area contributed by atoms with Gasteiger partial charge in [0.05, 0.1) is 0 Å². The summed E-state index contributed by atoms with van der Waals surface area (Å²) < 4.78 is 5.36. The number of benzene rings is 1. The van der Waals surface area contributed by atoms with Gasteiger partial charge in [-0.15, -0.1) is 24.0 Å². The highest BCUT2D eigenvalue weighted by molar-refractivity contribution is 14.0. The average molecular weight is 485 g/mol. The zero-order valence-corrected chi connectivity index (χ0v) is 18.0. The predicted octanol–water partition coefficient (Wildman–Crippen LogP) is 1.19. The molecule has 27 heavy (non-hydrogen) atoms. The normalized spacial score (nSPS) is 19.8. The monoisotopic (exact) mass is 485 g/mol. The quantitative estimate of drug-likeness (QED) is 0.274. The van der Waals surface area contributed by atoms with Gasteiger partial charge in [-0.2, -0.15) is 0 Å². The molecule has 0 aliphatic carbocycles. The van der Waals surface area contributed by atoms with E-state index in [0.717, 1.165) is 37.7 Å². The zero-order chi connectivity index (χ0) is 18.4. The summed E-state index contributed by atoms with van der Waals surface area (Å²) in [6.45, 7) is 4.67. The minimum atomic E-state index is -0.481. The molecule has 2 aliphatic heterocycles. The Morgan fingerprint density at radius 3 is 2.85 bits per heavy atom. The summed E-state index contributed by atoms with van der Waals surface area (Å²) in [5.74, 6) is 1.08. The van der Waals surface area contributed by atoms with E-state index in [1.54, 1.807) is 0 Å². The zero-order valence-electron chi connectivity index (χ0n) is 15.6. The molecule has 1 unspecified atom stereocenters. The molecule has 0 radical (unpaired) electrons. The van der Waals surface area contributed by atoms with Gasteiger partial charge in [-0.1, -0.05) is 24.3 Å². The van der Waals surface area contributed by atoms with Crippen molar-refractivity contribution in [3.8, 4) is 5.75 Å². The number of hydrogen-bond acceptors (Lipinski definition) is 4. The van der Waals surface area contributed by atoms with Crippen LogP contribution in [-0.2, 0) is 11.3 Å². The van der Waals surface area contributed by atoms with Crippen LogP contribution in [0.3, 0.4) is 0 Å². The molecule has 0 aromatic heterocycles. The molecular formula is C19H28IN5O2. The fourth-order valence-electron chi connectivity index (χ4n) is 3.44. The number of ether oxygens (including phenoxy) is 1. The molecule has 0 saturated carbocycles. The molecule has 1 aromatic carbocycles. The number of carbonyl (C=O) groups is 1. The summed E-state index contributed by atoms with van der Waals surface area (Å²) in [5.41, 5.74) is 6.18. The van der Waals surface area contributed by atoms with Crippen LogP contribution in [-0.4, -0.2) is 67.5 Å². The van der Waals surface area contributed by atoms with Crippen molar-refractivity contribution in [3.05, 3.63) is 42.0 Å². The van der Waals surface area contributed by atoms with Crippen molar-refractivity contribution in [1.29, 1.82) is 0 Å². The Kier molecular flexibility index (Phi) is 8.36. The first-order valence-electron chi connectivity index (χ1n) is 9.00. The lowest BCUT2D eigenvalue weighted by Crippen LogP contribution is -2.42. The summed E-state index contributed by atoms with van der Waals surface area (Å²) in [6, 6.07) is 8.24. The van der Waals surface area contributed by atoms with Gasteiger partial charge in [0.25, 0.3) is 5.91 Å². The van der Waals surface area contributed by atoms with Crippen molar-refractivity contribution < 1.29 is 9.53 Å². The molecule has 3 N–H and O–H groups in total. The number of aliphatic imine (C=N–C) groups is 1. The lowest BCUT2D eigenvalue weighted by Gasteiger charge is -2.25. The molecule has 1 amide bonds. The number of nitrogens with one attached hydrogen (secondary N) is 1. The molecule has 1 fully saturated rings. The van der Waals surface area contributed by atoms with Crippen LogP contribution in [0.1, 0.15) is 12.0 Å². The van der Waals surface area contributed by atoms with Crippen LogP contribution < -0.4 is 15.8 Å². The topological polar surface area (TPSA) is 83.2 Å². The number of nitrogens with zero attached hydrogens (tertiary/aromatic N) is 3. The summed E-state index contributed by atoms with van der Waals surface area (Å²) >= 11 is 0. The van der Waals surface area contributed by atoms with Gasteiger partial charge in [0, 0.05) is 45.8 Å². The molecule has 3 rings (SSSR count). The highest BCUT2D eigenvalue weighted by Crippen LogP contribution is 2.18. The van der Waals surface area contributed by atoms with Crippen molar-refractivity contribution in [1.82, 2.24) is 15.1 Å². The predicted molar refractivity (Wildman–Crippen MR) is 117 cm³/mol. The third-order valence-corrected chi connectivity index (χ3v) is 4.77. The molecule has 0 spiro atoms. The maximum absolute atomic E-state index is 10.8. The van der Waals surface area contributed by atoms with Gasteiger partial charge in [-0.25, -0.2) is 0 Å². The standard InChI is InChI=1S/C19H27N5O2.HI/c1-21-19(24-10-7-16(13-24)23-8-2-3-9-23)22-12-15-5-4-6-17(11-15)26-14-18(20)25;/h2-6,11,16H,7-10,12-14H2,1H3,(H2,20,25)(H,21,22);1H. The Morgan fingerprint density at radius 1 is 1.37 bits per heavy atom. The molecule has 7 nitrogen and oxygen atoms in total. The van der Waals surface area contributed by atoms with Crippen molar-refractivity contribution in [2.45, 2.75) is 19.0 Å². The molecule has 1 aromatic rings. The van der Waals surface area contributed by atoms with Crippen molar-refractivity contribution in [2.75, 3.05) is 39.8 Å². The lowest BCUT2D eigenvalue weighted by atomic mass is 10.2. The Morgan fingerprint density at radius 2 is 2.15 bits per heavy atom. The van der Waals surface area contributed by atoms with E-state index in [1.807, 2.05) is 31.3 Å². The van der Waals surface area contributed by atoms with E-state index in [9.17, 15) is 4.79 Å². The maximum Gasteiger partial charge on any atom is 0.255 e. The van der Waals surface area contributed by atoms with Crippen molar-refractivity contribution in [2.24, 2.45) is 10.7 Å². The molecule has 8 heteroatoms. The molecule has 0 bridgehead atoms. The Bertz CT molecular complexity index is 686. The maximum atomic E-state index is 10.8. The smallest absolute Gasteiger partial charge is 0.255 e. The minimum absolute atomic E-state index is 0. The van der Waals surface area contributed by atoms with E-state index < -0.39 is 5.91 Å². The van der Waals surface area contributed by atoms with Crippen molar-refractivity contribution >= 4 is 35.8 Å². The van der Waals surface area contributed by atoms with Gasteiger partial charge in [-0.05, 0) is 24.1 Å². The number of nitrogens with two attached hydrogens (primary N) is 1. The van der Waals surface area contributed by atoms with Gasteiger partial charge in [0.2, 0.25) is 0 Å². The van der Waals surface area contributed by atoms with Gasteiger partial charge in [0.15, 0.2) is 12.6 Å². The minimum Gasteiger partial charge on any atom is -0.484 e. The van der Waals surface area contributed by atoms with Crippen LogP contribution in [0.25, 0.3) is 0 Å². The van der Waals surface area contributed by atoms with Gasteiger partial charge >= 0.3 is 0 Å². The van der Waals surface area contributed by atoms with Gasteiger partial charge in [0.1, 0.15) is 5.75 Å². The van der Waals surface area contributed by atoms with E-state index in [2.05, 4.69) is 32.3 Å².